The summed E-state index contributed by atoms with van der Waals surface area (Å²) in [5, 5.41) is 0. The van der Waals surface area contributed by atoms with Gasteiger partial charge in [0.05, 0.1) is 0 Å². The molecular weight excluding hydrogens is 181 g/mol. The molecule has 1 nitrogen and oxygen atoms in total. The van der Waals surface area contributed by atoms with Crippen molar-refractivity contribution in [3.05, 3.63) is 0 Å². The summed E-state index contributed by atoms with van der Waals surface area (Å²) in [6.45, 7) is 3.14. The quantitative estimate of drug-likeness (QED) is 0.418. The molecule has 0 fully saturated rings. The van der Waals surface area contributed by atoms with E-state index in [-0.39, 0.29) is 29.6 Å². The number of hydrogen-bond acceptors (Lipinski definition) is 1. The molecule has 0 aromatic rings. The van der Waals surface area contributed by atoms with Gasteiger partial charge in [0.25, 0.3) is 0 Å². The summed E-state index contributed by atoms with van der Waals surface area (Å²) in [5.74, 6) is 0. The summed E-state index contributed by atoms with van der Waals surface area (Å²) in [6.07, 6.45) is 13.9. The molecule has 2 N–H and O–H groups in total. The Morgan fingerprint density at radius 2 is 1.00 bits per heavy atom. The first-order valence-electron chi connectivity index (χ1n) is 6.12. The van der Waals surface area contributed by atoms with Crippen LogP contribution in [0.2, 0.25) is 0 Å². The van der Waals surface area contributed by atoms with Crippen LogP contribution in [0.25, 0.3) is 0 Å². The second-order valence-corrected chi connectivity index (χ2v) is 3.97. The molecule has 0 unspecified atom stereocenters. The van der Waals surface area contributed by atoms with Crippen molar-refractivity contribution in [3.8, 4) is 0 Å². The molecule has 2 heteroatoms. The van der Waals surface area contributed by atoms with Crippen LogP contribution in [0, 0.1) is 0 Å². The van der Waals surface area contributed by atoms with Crippen molar-refractivity contribution in [2.24, 2.45) is 5.73 Å². The van der Waals surface area contributed by atoms with Gasteiger partial charge in [-0.1, -0.05) is 64.7 Å². The van der Waals surface area contributed by atoms with Gasteiger partial charge in [-0.2, -0.15) is 0 Å². The molecular formula is C12H27NNa+. The zero-order chi connectivity index (χ0) is 9.78. The summed E-state index contributed by atoms with van der Waals surface area (Å²) in [7, 11) is 0. The Kier molecular flexibility index (Phi) is 20.3. The van der Waals surface area contributed by atoms with Crippen LogP contribution < -0.4 is 35.3 Å². The minimum Gasteiger partial charge on any atom is -0.330 e. The summed E-state index contributed by atoms with van der Waals surface area (Å²) in [5.41, 5.74) is 5.42. The molecule has 0 aliphatic heterocycles. The van der Waals surface area contributed by atoms with Crippen molar-refractivity contribution >= 4 is 0 Å². The van der Waals surface area contributed by atoms with E-state index in [1.165, 1.54) is 64.2 Å². The first-order valence-corrected chi connectivity index (χ1v) is 6.12. The van der Waals surface area contributed by atoms with E-state index >= 15 is 0 Å². The van der Waals surface area contributed by atoms with Crippen LogP contribution in [-0.2, 0) is 0 Å². The zero-order valence-corrected chi connectivity index (χ0v) is 12.4. The SMILES string of the molecule is CCCCCCCCCCCCN.[Na+]. The van der Waals surface area contributed by atoms with E-state index in [4.69, 9.17) is 5.73 Å². The van der Waals surface area contributed by atoms with Gasteiger partial charge in [0, 0.05) is 0 Å². The number of rotatable bonds is 10. The molecule has 0 rings (SSSR count). The summed E-state index contributed by atoms with van der Waals surface area (Å²) >= 11 is 0. The molecule has 0 saturated heterocycles. The standard InChI is InChI=1S/C12H27N.Na/c1-2-3-4-5-6-7-8-9-10-11-12-13;/h2-13H2,1H3;/q;+1. The molecule has 0 heterocycles. The maximum Gasteiger partial charge on any atom is 1.00 e. The molecule has 0 bridgehead atoms. The van der Waals surface area contributed by atoms with Crippen molar-refractivity contribution in [3.63, 3.8) is 0 Å². The molecule has 0 atom stereocenters. The molecule has 0 aliphatic rings. The monoisotopic (exact) mass is 208 g/mol. The van der Waals surface area contributed by atoms with E-state index in [1.54, 1.807) is 0 Å². The van der Waals surface area contributed by atoms with Gasteiger partial charge in [0.15, 0.2) is 0 Å². The van der Waals surface area contributed by atoms with Crippen LogP contribution in [0.1, 0.15) is 71.1 Å². The number of hydrogen-bond donors (Lipinski definition) is 1. The normalized spacial score (nSPS) is 9.86. The minimum atomic E-state index is 0. The average Bonchev–Trinajstić information content (AvgIpc) is 2.16. The molecule has 14 heavy (non-hydrogen) atoms. The van der Waals surface area contributed by atoms with Crippen LogP contribution in [0.3, 0.4) is 0 Å². The maximum atomic E-state index is 5.42. The van der Waals surface area contributed by atoms with Crippen molar-refractivity contribution in [2.45, 2.75) is 71.1 Å². The summed E-state index contributed by atoms with van der Waals surface area (Å²) in [4.78, 5) is 0. The van der Waals surface area contributed by atoms with Gasteiger partial charge in [0.2, 0.25) is 0 Å². The Bertz CT molecular complexity index is 76.4. The molecule has 0 aliphatic carbocycles. The summed E-state index contributed by atoms with van der Waals surface area (Å²) < 4.78 is 0. The molecule has 0 saturated carbocycles. The van der Waals surface area contributed by atoms with E-state index in [0.29, 0.717) is 0 Å². The third-order valence-corrected chi connectivity index (χ3v) is 2.56. The smallest absolute Gasteiger partial charge is 0.330 e. The second kappa shape index (κ2) is 16.4. The fourth-order valence-electron chi connectivity index (χ4n) is 1.63. The topological polar surface area (TPSA) is 26.0 Å². The zero-order valence-electron chi connectivity index (χ0n) is 10.4. The molecule has 0 amide bonds. The fraction of sp³-hybridized carbons (Fsp3) is 1.00. The predicted octanol–water partition coefficient (Wildman–Crippen LogP) is 0.870. The van der Waals surface area contributed by atoms with Gasteiger partial charge >= 0.3 is 29.6 Å². The minimum absolute atomic E-state index is 0. The predicted molar refractivity (Wildman–Crippen MR) is 60.9 cm³/mol. The number of unbranched alkanes of at least 4 members (excludes halogenated alkanes) is 9. The van der Waals surface area contributed by atoms with E-state index in [1.807, 2.05) is 0 Å². The Morgan fingerprint density at radius 1 is 0.643 bits per heavy atom. The van der Waals surface area contributed by atoms with Crippen molar-refractivity contribution in [1.29, 1.82) is 0 Å². The van der Waals surface area contributed by atoms with Crippen molar-refractivity contribution in [1.82, 2.24) is 0 Å². The van der Waals surface area contributed by atoms with Crippen LogP contribution in [0.5, 0.6) is 0 Å². The third kappa shape index (κ3) is 15.4. The molecule has 0 spiro atoms. The molecule has 0 aromatic heterocycles. The van der Waals surface area contributed by atoms with E-state index < -0.39 is 0 Å². The van der Waals surface area contributed by atoms with Gasteiger partial charge < -0.3 is 5.73 Å². The van der Waals surface area contributed by atoms with Crippen molar-refractivity contribution in [2.75, 3.05) is 6.54 Å². The molecule has 0 radical (unpaired) electrons. The Balaban J connectivity index is 0. The van der Waals surface area contributed by atoms with E-state index in [9.17, 15) is 0 Å². The maximum absolute atomic E-state index is 5.42. The van der Waals surface area contributed by atoms with Gasteiger partial charge in [0.1, 0.15) is 0 Å². The Labute approximate surface area is 113 Å². The average molecular weight is 208 g/mol. The van der Waals surface area contributed by atoms with Crippen LogP contribution in [0.15, 0.2) is 0 Å². The van der Waals surface area contributed by atoms with Crippen LogP contribution >= 0.6 is 0 Å². The van der Waals surface area contributed by atoms with Gasteiger partial charge in [-0.15, -0.1) is 0 Å². The first kappa shape index (κ1) is 17.4. The Hall–Kier alpha value is 0.960. The van der Waals surface area contributed by atoms with Crippen molar-refractivity contribution < 1.29 is 29.6 Å². The number of nitrogens with two attached hydrogens (primary N) is 1. The third-order valence-electron chi connectivity index (χ3n) is 2.56. The van der Waals surface area contributed by atoms with Crippen LogP contribution in [-0.4, -0.2) is 6.54 Å². The van der Waals surface area contributed by atoms with Gasteiger partial charge in [-0.3, -0.25) is 0 Å². The first-order chi connectivity index (χ1) is 6.41. The fourth-order valence-corrected chi connectivity index (χ4v) is 1.63. The molecule has 80 valence electrons. The molecule has 0 aromatic carbocycles. The van der Waals surface area contributed by atoms with Gasteiger partial charge in [-0.25, -0.2) is 0 Å². The van der Waals surface area contributed by atoms with Crippen LogP contribution in [0.4, 0.5) is 0 Å². The van der Waals surface area contributed by atoms with Gasteiger partial charge in [-0.05, 0) is 13.0 Å². The second-order valence-electron chi connectivity index (χ2n) is 3.97. The van der Waals surface area contributed by atoms with E-state index in [2.05, 4.69) is 6.92 Å². The van der Waals surface area contributed by atoms with E-state index in [0.717, 1.165) is 6.54 Å². The summed E-state index contributed by atoms with van der Waals surface area (Å²) in [6, 6.07) is 0. The largest absolute Gasteiger partial charge is 1.00 e. The Morgan fingerprint density at radius 3 is 1.36 bits per heavy atom.